The van der Waals surface area contributed by atoms with Gasteiger partial charge in [-0.15, -0.1) is 0 Å². The van der Waals surface area contributed by atoms with Gasteiger partial charge in [-0.05, 0) is 19.1 Å². The van der Waals surface area contributed by atoms with Crippen molar-refractivity contribution in [1.82, 2.24) is 4.98 Å². The van der Waals surface area contributed by atoms with Crippen LogP contribution in [0.5, 0.6) is 11.6 Å². The van der Waals surface area contributed by atoms with E-state index in [2.05, 4.69) is 9.72 Å². The maximum Gasteiger partial charge on any atom is 0.346 e. The number of pyridine rings is 1. The Bertz CT molecular complexity index is 326. The van der Waals surface area contributed by atoms with Crippen LogP contribution in [-0.4, -0.2) is 29.3 Å². The largest absolute Gasteiger partial charge is 0.503 e. The van der Waals surface area contributed by atoms with Gasteiger partial charge in [-0.25, -0.2) is 9.78 Å². The third kappa shape index (κ3) is 2.35. The molecule has 0 aromatic carbocycles. The van der Waals surface area contributed by atoms with Crippen LogP contribution in [0, 0.1) is 0 Å². The van der Waals surface area contributed by atoms with E-state index in [0.717, 1.165) is 0 Å². The summed E-state index contributed by atoms with van der Waals surface area (Å²) in [6.45, 7) is 1.51. The summed E-state index contributed by atoms with van der Waals surface area (Å²) in [5.41, 5.74) is 0. The molecule has 0 saturated carbocycles. The molecule has 0 spiro atoms. The van der Waals surface area contributed by atoms with E-state index in [1.54, 1.807) is 6.07 Å². The molecule has 0 bridgehead atoms. The molecule has 0 radical (unpaired) electrons. The van der Waals surface area contributed by atoms with Gasteiger partial charge in [-0.1, -0.05) is 0 Å². The van der Waals surface area contributed by atoms with Crippen molar-refractivity contribution in [1.29, 1.82) is 0 Å². The Labute approximate surface area is 81.3 Å². The molecule has 5 heteroatoms. The molecule has 0 saturated heterocycles. The number of esters is 1. The molecule has 0 aliphatic heterocycles. The lowest BCUT2D eigenvalue weighted by Crippen LogP contribution is -2.25. The van der Waals surface area contributed by atoms with Crippen molar-refractivity contribution in [2.24, 2.45) is 0 Å². The highest BCUT2D eigenvalue weighted by atomic mass is 16.6. The zero-order valence-electron chi connectivity index (χ0n) is 7.93. The lowest BCUT2D eigenvalue weighted by atomic mass is 10.4. The molecule has 0 fully saturated rings. The summed E-state index contributed by atoms with van der Waals surface area (Å²) in [7, 11) is 1.26. The van der Waals surface area contributed by atoms with E-state index in [4.69, 9.17) is 4.74 Å². The van der Waals surface area contributed by atoms with Gasteiger partial charge >= 0.3 is 5.97 Å². The van der Waals surface area contributed by atoms with Crippen LogP contribution in [0.1, 0.15) is 6.92 Å². The van der Waals surface area contributed by atoms with Crippen molar-refractivity contribution in [3.05, 3.63) is 18.3 Å². The highest BCUT2D eigenvalue weighted by molar-refractivity contribution is 5.74. The van der Waals surface area contributed by atoms with Crippen molar-refractivity contribution in [2.75, 3.05) is 7.11 Å². The number of methoxy groups -OCH3 is 1. The first-order valence-corrected chi connectivity index (χ1v) is 4.03. The normalized spacial score (nSPS) is 11.9. The molecule has 0 aliphatic rings. The van der Waals surface area contributed by atoms with Gasteiger partial charge in [-0.3, -0.25) is 0 Å². The second-order valence-corrected chi connectivity index (χ2v) is 2.61. The third-order valence-electron chi connectivity index (χ3n) is 1.57. The Morgan fingerprint density at radius 3 is 2.93 bits per heavy atom. The van der Waals surface area contributed by atoms with Gasteiger partial charge < -0.3 is 14.6 Å². The number of hydrogen-bond donors (Lipinski definition) is 1. The molecule has 76 valence electrons. The number of carbonyl (C=O) groups is 1. The zero-order valence-corrected chi connectivity index (χ0v) is 7.93. The fraction of sp³-hybridized carbons (Fsp3) is 0.333. The highest BCUT2D eigenvalue weighted by Crippen LogP contribution is 2.22. The van der Waals surface area contributed by atoms with Gasteiger partial charge in [-0.2, -0.15) is 0 Å². The summed E-state index contributed by atoms with van der Waals surface area (Å²) < 4.78 is 9.51. The third-order valence-corrected chi connectivity index (χ3v) is 1.57. The van der Waals surface area contributed by atoms with Crippen LogP contribution < -0.4 is 4.74 Å². The molecule has 1 atom stereocenters. The maximum absolute atomic E-state index is 11.0. The smallest absolute Gasteiger partial charge is 0.346 e. The zero-order chi connectivity index (χ0) is 10.6. The second kappa shape index (κ2) is 4.45. The number of nitrogens with zero attached hydrogens (tertiary/aromatic N) is 1. The van der Waals surface area contributed by atoms with Crippen LogP contribution in [0.25, 0.3) is 0 Å². The minimum absolute atomic E-state index is 0.0189. The number of hydrogen-bond acceptors (Lipinski definition) is 5. The topological polar surface area (TPSA) is 68.7 Å². The molecule has 1 unspecified atom stereocenters. The number of aromatic hydroxyl groups is 1. The monoisotopic (exact) mass is 197 g/mol. The minimum Gasteiger partial charge on any atom is -0.503 e. The molecule has 0 aliphatic carbocycles. The predicted molar refractivity (Wildman–Crippen MR) is 48.0 cm³/mol. The van der Waals surface area contributed by atoms with Gasteiger partial charge in [0.2, 0.25) is 0 Å². The van der Waals surface area contributed by atoms with Crippen molar-refractivity contribution < 1.29 is 19.4 Å². The average molecular weight is 197 g/mol. The van der Waals surface area contributed by atoms with Crippen LogP contribution in [0.15, 0.2) is 18.3 Å². The standard InChI is InChI=1S/C9H11NO4/c1-6(9(12)13-2)14-8-7(11)4-3-5-10-8/h3-6,11H,1-2H3. The number of carbonyl (C=O) groups excluding carboxylic acids is 1. The molecular weight excluding hydrogens is 186 g/mol. The van der Waals surface area contributed by atoms with Crippen LogP contribution >= 0.6 is 0 Å². The molecule has 1 aromatic heterocycles. The molecule has 1 N–H and O–H groups in total. The Morgan fingerprint density at radius 1 is 1.64 bits per heavy atom. The molecule has 14 heavy (non-hydrogen) atoms. The van der Waals surface area contributed by atoms with Crippen LogP contribution in [0.2, 0.25) is 0 Å². The Hall–Kier alpha value is -1.78. The van der Waals surface area contributed by atoms with Crippen molar-refractivity contribution in [3.8, 4) is 11.6 Å². The first-order valence-electron chi connectivity index (χ1n) is 4.03. The van der Waals surface area contributed by atoms with E-state index in [0.29, 0.717) is 0 Å². The molecule has 1 heterocycles. The summed E-state index contributed by atoms with van der Waals surface area (Å²) in [5.74, 6) is -0.608. The molecule has 1 aromatic rings. The van der Waals surface area contributed by atoms with Crippen LogP contribution in [-0.2, 0) is 9.53 Å². The van der Waals surface area contributed by atoms with Crippen molar-refractivity contribution >= 4 is 5.97 Å². The second-order valence-electron chi connectivity index (χ2n) is 2.61. The quantitative estimate of drug-likeness (QED) is 0.723. The molecule has 1 rings (SSSR count). The van der Waals surface area contributed by atoms with Crippen molar-refractivity contribution in [2.45, 2.75) is 13.0 Å². The summed E-state index contributed by atoms with van der Waals surface area (Å²) in [6, 6.07) is 2.98. The fourth-order valence-electron chi connectivity index (χ4n) is 0.855. The lowest BCUT2D eigenvalue weighted by Gasteiger charge is -2.11. The molecule has 5 nitrogen and oxygen atoms in total. The van der Waals surface area contributed by atoms with E-state index in [-0.39, 0.29) is 11.6 Å². The number of ether oxygens (including phenoxy) is 2. The molecular formula is C9H11NO4. The summed E-state index contributed by atoms with van der Waals surface area (Å²) in [4.78, 5) is 14.7. The van der Waals surface area contributed by atoms with E-state index in [9.17, 15) is 9.90 Å². The first kappa shape index (κ1) is 10.3. The lowest BCUT2D eigenvalue weighted by molar-refractivity contribution is -0.148. The number of aromatic nitrogens is 1. The SMILES string of the molecule is COC(=O)C(C)Oc1ncccc1O. The Morgan fingerprint density at radius 2 is 2.36 bits per heavy atom. The van der Waals surface area contributed by atoms with E-state index < -0.39 is 12.1 Å². The predicted octanol–water partition coefficient (Wildman–Crippen LogP) is 0.728. The van der Waals surface area contributed by atoms with Gasteiger partial charge in [0, 0.05) is 6.20 Å². The molecule has 0 amide bonds. The van der Waals surface area contributed by atoms with Gasteiger partial charge in [0.25, 0.3) is 5.88 Å². The van der Waals surface area contributed by atoms with Gasteiger partial charge in [0.05, 0.1) is 7.11 Å². The number of rotatable bonds is 3. The van der Waals surface area contributed by atoms with Crippen molar-refractivity contribution in [3.63, 3.8) is 0 Å². The van der Waals surface area contributed by atoms with E-state index >= 15 is 0 Å². The Kier molecular flexibility index (Phi) is 3.28. The summed E-state index contributed by atoms with van der Waals surface area (Å²) in [6.07, 6.45) is 0.666. The Balaban J connectivity index is 2.69. The summed E-state index contributed by atoms with van der Waals surface area (Å²) in [5, 5.41) is 9.27. The minimum atomic E-state index is -0.791. The first-order chi connectivity index (χ1) is 6.65. The average Bonchev–Trinajstić information content (AvgIpc) is 2.20. The van der Waals surface area contributed by atoms with Crippen LogP contribution in [0.3, 0.4) is 0 Å². The van der Waals surface area contributed by atoms with E-state index in [1.807, 2.05) is 0 Å². The fourth-order valence-corrected chi connectivity index (χ4v) is 0.855. The maximum atomic E-state index is 11.0. The highest BCUT2D eigenvalue weighted by Gasteiger charge is 2.16. The summed E-state index contributed by atoms with van der Waals surface area (Å²) >= 11 is 0. The van der Waals surface area contributed by atoms with Gasteiger partial charge in [0.15, 0.2) is 11.9 Å². The van der Waals surface area contributed by atoms with Gasteiger partial charge in [0.1, 0.15) is 0 Å². The van der Waals surface area contributed by atoms with Crippen LogP contribution in [0.4, 0.5) is 0 Å². The van der Waals surface area contributed by atoms with E-state index in [1.165, 1.54) is 26.3 Å².